The van der Waals surface area contributed by atoms with E-state index < -0.39 is 0 Å². The van der Waals surface area contributed by atoms with Crippen LogP contribution in [0.2, 0.25) is 0 Å². The van der Waals surface area contributed by atoms with Crippen LogP contribution in [0.15, 0.2) is 66.7 Å². The van der Waals surface area contributed by atoms with Gasteiger partial charge in [-0.3, -0.25) is 0 Å². The lowest BCUT2D eigenvalue weighted by Crippen LogP contribution is -2.88. The molecule has 3 nitrogen and oxygen atoms in total. The Balaban J connectivity index is 1.89. The summed E-state index contributed by atoms with van der Waals surface area (Å²) in [6.07, 6.45) is 0.898. The van der Waals surface area contributed by atoms with Crippen LogP contribution in [0.1, 0.15) is 39.8 Å². The number of quaternary nitrogens is 1. The van der Waals surface area contributed by atoms with Gasteiger partial charge < -0.3 is 15.5 Å². The van der Waals surface area contributed by atoms with E-state index >= 15 is 0 Å². The number of hydrogen-bond acceptors (Lipinski definition) is 2. The van der Waals surface area contributed by atoms with Crippen molar-refractivity contribution < 1.29 is 15.5 Å². The highest BCUT2D eigenvalue weighted by Gasteiger charge is 2.34. The lowest BCUT2D eigenvalue weighted by atomic mass is 9.77. The average Bonchev–Trinajstić information content (AvgIpc) is 2.66. The van der Waals surface area contributed by atoms with Crippen LogP contribution >= 0.6 is 0 Å². The van der Waals surface area contributed by atoms with Crippen molar-refractivity contribution >= 4 is 0 Å². The van der Waals surface area contributed by atoms with Crippen molar-refractivity contribution in [3.63, 3.8) is 0 Å². The van der Waals surface area contributed by atoms with Crippen LogP contribution in [0.25, 0.3) is 0 Å². The average molecular weight is 346 g/mol. The summed E-state index contributed by atoms with van der Waals surface area (Å²) in [6, 6.07) is 22.7. The van der Waals surface area contributed by atoms with Crippen LogP contribution in [0, 0.1) is 6.92 Å². The van der Waals surface area contributed by atoms with Gasteiger partial charge in [0, 0.05) is 12.0 Å². The summed E-state index contributed by atoms with van der Waals surface area (Å²) in [7, 11) is 0. The SMILES string of the molecule is Cc1ccccc1[C@H](c1ccccc1)[C@@H]1[NH2+]CCc2cc(O)c(O)cc21. The van der Waals surface area contributed by atoms with Crippen molar-refractivity contribution in [1.29, 1.82) is 0 Å². The fourth-order valence-corrected chi connectivity index (χ4v) is 4.20. The quantitative estimate of drug-likeness (QED) is 0.637. The maximum Gasteiger partial charge on any atom is 0.157 e. The Morgan fingerprint density at radius 3 is 2.38 bits per heavy atom. The molecule has 2 atom stereocenters. The van der Waals surface area contributed by atoms with E-state index in [1.165, 1.54) is 16.7 Å². The van der Waals surface area contributed by atoms with Crippen molar-refractivity contribution in [2.45, 2.75) is 25.3 Å². The van der Waals surface area contributed by atoms with Crippen LogP contribution in [0.3, 0.4) is 0 Å². The molecule has 0 fully saturated rings. The largest absolute Gasteiger partial charge is 0.504 e. The lowest BCUT2D eigenvalue weighted by Gasteiger charge is -2.32. The minimum atomic E-state index is -0.0411. The second-order valence-corrected chi connectivity index (χ2v) is 7.08. The molecule has 132 valence electrons. The summed E-state index contributed by atoms with van der Waals surface area (Å²) >= 11 is 0. The summed E-state index contributed by atoms with van der Waals surface area (Å²) in [4.78, 5) is 0. The maximum atomic E-state index is 10.1. The third-order valence-electron chi connectivity index (χ3n) is 5.47. The predicted octanol–water partition coefficient (Wildman–Crippen LogP) is 3.40. The molecule has 0 saturated heterocycles. The summed E-state index contributed by atoms with van der Waals surface area (Å²) in [6.45, 7) is 3.13. The molecule has 3 aromatic carbocycles. The molecule has 3 aromatic rings. The Hall–Kier alpha value is -2.78. The number of aromatic hydroxyl groups is 2. The van der Waals surface area contributed by atoms with Crippen LogP contribution in [0.5, 0.6) is 11.5 Å². The van der Waals surface area contributed by atoms with Gasteiger partial charge in [0.25, 0.3) is 0 Å². The van der Waals surface area contributed by atoms with Gasteiger partial charge in [0.2, 0.25) is 0 Å². The van der Waals surface area contributed by atoms with E-state index in [1.807, 2.05) is 6.07 Å². The molecular weight excluding hydrogens is 322 g/mol. The number of phenolic OH excluding ortho intramolecular Hbond substituents is 2. The topological polar surface area (TPSA) is 57.1 Å². The van der Waals surface area contributed by atoms with Gasteiger partial charge >= 0.3 is 0 Å². The maximum absolute atomic E-state index is 10.1. The van der Waals surface area contributed by atoms with Crippen molar-refractivity contribution in [2.24, 2.45) is 0 Å². The summed E-state index contributed by atoms with van der Waals surface area (Å²) in [5, 5.41) is 22.4. The number of phenols is 2. The van der Waals surface area contributed by atoms with E-state index in [0.29, 0.717) is 0 Å². The number of benzene rings is 3. The normalized spacial score (nSPS) is 17.5. The fourth-order valence-electron chi connectivity index (χ4n) is 4.20. The molecule has 0 amide bonds. The van der Waals surface area contributed by atoms with Gasteiger partial charge in [-0.05, 0) is 41.3 Å². The van der Waals surface area contributed by atoms with Gasteiger partial charge in [-0.15, -0.1) is 0 Å². The van der Waals surface area contributed by atoms with Crippen LogP contribution in [-0.2, 0) is 6.42 Å². The van der Waals surface area contributed by atoms with Gasteiger partial charge in [0.15, 0.2) is 11.5 Å². The van der Waals surface area contributed by atoms with Gasteiger partial charge in [0.1, 0.15) is 6.04 Å². The number of nitrogens with two attached hydrogens (primary N) is 1. The first-order valence-corrected chi connectivity index (χ1v) is 9.13. The Kier molecular flexibility index (Phi) is 4.39. The van der Waals surface area contributed by atoms with Gasteiger partial charge in [-0.1, -0.05) is 54.6 Å². The first-order valence-electron chi connectivity index (χ1n) is 9.13. The molecule has 0 unspecified atom stereocenters. The zero-order valence-corrected chi connectivity index (χ0v) is 14.9. The molecule has 0 radical (unpaired) electrons. The second kappa shape index (κ2) is 6.85. The first kappa shape index (κ1) is 16.7. The van der Waals surface area contributed by atoms with Crippen LogP contribution in [0.4, 0.5) is 0 Å². The standard InChI is InChI=1S/C23H23NO2/c1-15-7-5-6-10-18(15)22(16-8-3-2-4-9-16)23-19-14-21(26)20(25)13-17(19)11-12-24-23/h2-10,13-14,22-26H,11-12H2,1H3/p+1/t22-,23+/m0/s1. The number of fused-ring (bicyclic) bond motifs is 1. The predicted molar refractivity (Wildman–Crippen MR) is 102 cm³/mol. The molecule has 1 aliphatic heterocycles. The smallest absolute Gasteiger partial charge is 0.157 e. The van der Waals surface area contributed by atoms with E-state index in [1.54, 1.807) is 12.1 Å². The molecule has 4 N–H and O–H groups in total. The molecule has 0 bridgehead atoms. The zero-order chi connectivity index (χ0) is 18.1. The lowest BCUT2D eigenvalue weighted by molar-refractivity contribution is -0.701. The van der Waals surface area contributed by atoms with E-state index in [4.69, 9.17) is 0 Å². The Bertz CT molecular complexity index is 921. The molecule has 4 rings (SSSR count). The van der Waals surface area contributed by atoms with E-state index in [2.05, 4.69) is 60.8 Å². The Labute approximate surface area is 154 Å². The molecule has 0 aliphatic carbocycles. The molecular formula is C23H24NO2+. The molecule has 0 saturated carbocycles. The third-order valence-corrected chi connectivity index (χ3v) is 5.47. The number of hydrogen-bond donors (Lipinski definition) is 3. The molecule has 3 heteroatoms. The van der Waals surface area contributed by atoms with Crippen LogP contribution < -0.4 is 5.32 Å². The highest BCUT2D eigenvalue weighted by molar-refractivity contribution is 5.49. The van der Waals surface area contributed by atoms with E-state index in [9.17, 15) is 10.2 Å². The second-order valence-electron chi connectivity index (χ2n) is 7.08. The molecule has 0 aromatic heterocycles. The zero-order valence-electron chi connectivity index (χ0n) is 14.9. The summed E-state index contributed by atoms with van der Waals surface area (Å²) in [5.41, 5.74) is 6.08. The monoisotopic (exact) mass is 346 g/mol. The minimum absolute atomic E-state index is 0.0310. The van der Waals surface area contributed by atoms with E-state index in [-0.39, 0.29) is 23.5 Å². The van der Waals surface area contributed by atoms with Gasteiger partial charge in [-0.2, -0.15) is 0 Å². The Morgan fingerprint density at radius 1 is 0.923 bits per heavy atom. The molecule has 26 heavy (non-hydrogen) atoms. The van der Waals surface area contributed by atoms with Crippen molar-refractivity contribution in [3.8, 4) is 11.5 Å². The summed E-state index contributed by atoms with van der Waals surface area (Å²) in [5.74, 6) is 0.109. The van der Waals surface area contributed by atoms with E-state index in [0.717, 1.165) is 24.1 Å². The first-order chi connectivity index (χ1) is 12.6. The van der Waals surface area contributed by atoms with Crippen molar-refractivity contribution in [1.82, 2.24) is 0 Å². The molecule has 0 spiro atoms. The molecule has 1 aliphatic rings. The third kappa shape index (κ3) is 2.95. The molecule has 1 heterocycles. The van der Waals surface area contributed by atoms with Gasteiger partial charge in [-0.25, -0.2) is 0 Å². The van der Waals surface area contributed by atoms with Crippen molar-refractivity contribution in [2.75, 3.05) is 6.54 Å². The van der Waals surface area contributed by atoms with Crippen molar-refractivity contribution in [3.05, 3.63) is 94.5 Å². The fraction of sp³-hybridized carbons (Fsp3) is 0.217. The Morgan fingerprint density at radius 2 is 1.62 bits per heavy atom. The van der Waals surface area contributed by atoms with Gasteiger partial charge in [0.05, 0.1) is 12.5 Å². The van der Waals surface area contributed by atoms with Crippen LogP contribution in [-0.4, -0.2) is 16.8 Å². The highest BCUT2D eigenvalue weighted by atomic mass is 16.3. The highest BCUT2D eigenvalue weighted by Crippen LogP contribution is 2.41. The summed E-state index contributed by atoms with van der Waals surface area (Å²) < 4.78 is 0. The minimum Gasteiger partial charge on any atom is -0.504 e. The number of aryl methyl sites for hydroxylation is 1. The number of rotatable bonds is 3.